The zero-order chi connectivity index (χ0) is 63.6. The Morgan fingerprint density at radius 1 is 0.699 bits per heavy atom. The van der Waals surface area contributed by atoms with Crippen LogP contribution >= 0.6 is 0 Å². The second kappa shape index (κ2) is 23.6. The molecule has 93 heavy (non-hydrogen) atoms. The molecule has 7 heteroatoms. The quantitative estimate of drug-likeness (QED) is 0.0707. The minimum Gasteiger partial charge on any atom is -0.462 e. The van der Waals surface area contributed by atoms with Crippen molar-refractivity contribution in [2.45, 2.75) is 254 Å². The molecule has 7 nitrogen and oxygen atoms in total. The number of benzene rings is 5. The van der Waals surface area contributed by atoms with E-state index in [0.717, 1.165) is 63.4 Å². The van der Waals surface area contributed by atoms with Crippen molar-refractivity contribution < 1.29 is 34.4 Å². The fourth-order valence-electron chi connectivity index (χ4n) is 25.6. The fourth-order valence-corrected chi connectivity index (χ4v) is 25.6. The molecule has 2 bridgehead atoms. The Morgan fingerprint density at radius 3 is 2.24 bits per heavy atom. The van der Waals surface area contributed by atoms with E-state index < -0.39 is 51.5 Å². The maximum absolute atomic E-state index is 16.3. The van der Waals surface area contributed by atoms with E-state index in [2.05, 4.69) is 154 Å². The number of hydrogen-bond acceptors (Lipinski definition) is 7. The maximum Gasteiger partial charge on any atom is 0.331 e. The normalized spacial score (nSPS) is 39.2. The van der Waals surface area contributed by atoms with Gasteiger partial charge in [0.1, 0.15) is 12.7 Å². The van der Waals surface area contributed by atoms with Gasteiger partial charge in [-0.25, -0.2) is 4.79 Å². The van der Waals surface area contributed by atoms with Crippen LogP contribution in [-0.4, -0.2) is 57.8 Å². The van der Waals surface area contributed by atoms with Crippen molar-refractivity contribution in [2.75, 3.05) is 6.61 Å². The summed E-state index contributed by atoms with van der Waals surface area (Å²) in [5.41, 5.74) is 4.37. The van der Waals surface area contributed by atoms with Gasteiger partial charge in [0.05, 0.1) is 34.1 Å². The standard InChI is InChI=1S/C86H104O7/c1-57(21-17-26-58-22-7-4-8-23-58)33-36-71(87)86-72(88)39-46-80(3,77(86)70-54-79(2,85(86,91)48-37-61-50-73(89)92-55-61)40-20-44-81(78(90)93-70)43-19-27-60(52-81)49-59-24-9-5-10-25-59)64-38-47-84-56-82(41-15-16-42-82)69-53-83(63-29-11-6-12-30-63)45-14-13-32-67(83)66-35-34-62-28-18-31-65(68(84)51-64)74(62)75(66)76(69)84/h4-12,18,22-25,28-31,34-35,50,57,60,64,67-72,76-77,87-88,91H,13-17,19,21,26-27,32-33,36-39,41-49,51-56H2,1-3H3/t57-,60+,64-,67-,68+,69+,70-,71+,72-,76+,77+,79+,80+,81-,83+,84-,85-,86+/m1/s1. The van der Waals surface area contributed by atoms with E-state index in [9.17, 15) is 15.0 Å². The minimum atomic E-state index is -1.79. The van der Waals surface area contributed by atoms with Crippen LogP contribution in [0.15, 0.2) is 133 Å². The Labute approximate surface area is 555 Å². The largest absolute Gasteiger partial charge is 0.462 e. The van der Waals surface area contributed by atoms with Gasteiger partial charge in [-0.05, 0) is 243 Å². The van der Waals surface area contributed by atoms with Gasteiger partial charge in [0.25, 0.3) is 0 Å². The van der Waals surface area contributed by atoms with Gasteiger partial charge in [0, 0.05) is 30.3 Å². The van der Waals surface area contributed by atoms with E-state index in [-0.39, 0.29) is 59.0 Å². The highest BCUT2D eigenvalue weighted by Gasteiger charge is 2.79. The molecule has 7 fully saturated rings. The third-order valence-electron chi connectivity index (χ3n) is 29.5. The van der Waals surface area contributed by atoms with Gasteiger partial charge in [-0.3, -0.25) is 4.79 Å². The van der Waals surface area contributed by atoms with E-state index >= 15 is 9.90 Å². The first-order valence-corrected chi connectivity index (χ1v) is 37.4. The van der Waals surface area contributed by atoms with Gasteiger partial charge in [0.15, 0.2) is 0 Å². The highest BCUT2D eigenvalue weighted by atomic mass is 16.5. The Morgan fingerprint density at radius 2 is 1.46 bits per heavy atom. The Bertz CT molecular complexity index is 3730. The topological polar surface area (TPSA) is 113 Å². The van der Waals surface area contributed by atoms with Crippen molar-refractivity contribution in [3.05, 3.63) is 166 Å². The molecule has 5 aromatic rings. The van der Waals surface area contributed by atoms with Crippen molar-refractivity contribution in [1.29, 1.82) is 0 Å². The number of esters is 2. The van der Waals surface area contributed by atoms with E-state index in [0.29, 0.717) is 81.5 Å². The average Bonchev–Trinajstić information content (AvgIpc) is 1.66. The molecule has 16 rings (SSSR count). The van der Waals surface area contributed by atoms with E-state index in [1.165, 1.54) is 80.7 Å². The van der Waals surface area contributed by atoms with Crippen LogP contribution in [0.5, 0.6) is 0 Å². The molecule has 3 N–H and O–H groups in total. The maximum atomic E-state index is 16.3. The Kier molecular flexibility index (Phi) is 15.8. The first-order valence-electron chi connectivity index (χ1n) is 37.4. The van der Waals surface area contributed by atoms with E-state index in [1.54, 1.807) is 33.7 Å². The summed E-state index contributed by atoms with van der Waals surface area (Å²) in [6, 6.07) is 45.8. The molecule has 0 radical (unpaired) electrons. The van der Waals surface area contributed by atoms with Crippen LogP contribution < -0.4 is 0 Å². The fraction of sp³-hybridized carbons (Fsp3) is 0.605. The summed E-state index contributed by atoms with van der Waals surface area (Å²) in [6.07, 6.45) is 25.1. The van der Waals surface area contributed by atoms with Crippen LogP contribution in [0, 0.1) is 73.9 Å². The highest BCUT2D eigenvalue weighted by Crippen LogP contribution is 2.82. The van der Waals surface area contributed by atoms with Gasteiger partial charge >= 0.3 is 11.9 Å². The molecule has 0 aromatic heterocycles. The van der Waals surface area contributed by atoms with Gasteiger partial charge in [-0.2, -0.15) is 0 Å². The number of carbonyl (C=O) groups is 2. The van der Waals surface area contributed by atoms with E-state index in [1.807, 2.05) is 0 Å². The summed E-state index contributed by atoms with van der Waals surface area (Å²) in [5.74, 6) is 8.87. The molecule has 0 saturated heterocycles. The summed E-state index contributed by atoms with van der Waals surface area (Å²) >= 11 is 0. The SMILES string of the molecule is C[C@H](CCCc1ccccc1)CC[C@H](O)[C@]12[C@H](O)CC[C@@](C)([C@@H]3CC[C@]45CC6(CCCC6)[C@H]6C[C@]7(c8ccccc8)CCCC[C@@H]7c7ccc8cccc(c8c7[C@H]64)[C@@H]5C3)[C@@H]1[C@H]1C[C@](C)(C#CC[C@@]3(CCC[C@@H](Cc4ccccc4)C3)C(=O)O1)[C@]2(O)CCC1=CC(=O)OC1. The molecule has 2 aliphatic heterocycles. The molecule has 3 spiro atoms. The summed E-state index contributed by atoms with van der Waals surface area (Å²) < 4.78 is 13.2. The van der Waals surface area contributed by atoms with Gasteiger partial charge in [-0.1, -0.05) is 186 Å². The molecule has 0 unspecified atom stereocenters. The molecule has 2 heterocycles. The van der Waals surface area contributed by atoms with Crippen molar-refractivity contribution in [3.8, 4) is 11.8 Å². The molecular weight excluding hydrogens is 1140 g/mol. The summed E-state index contributed by atoms with van der Waals surface area (Å²) in [5, 5.41) is 46.4. The first kappa shape index (κ1) is 62.3. The number of cyclic esters (lactones) is 1. The molecule has 5 aromatic carbocycles. The molecule has 11 aliphatic rings. The number of ether oxygens (including phenoxy) is 2. The molecular formula is C86H104O7. The number of hydrogen-bond donors (Lipinski definition) is 3. The van der Waals surface area contributed by atoms with Gasteiger partial charge < -0.3 is 24.8 Å². The van der Waals surface area contributed by atoms with Crippen molar-refractivity contribution in [2.24, 2.45) is 62.1 Å². The number of aliphatic hydroxyl groups excluding tert-OH is 2. The Hall–Kier alpha value is -5.52. The third-order valence-corrected chi connectivity index (χ3v) is 29.5. The van der Waals surface area contributed by atoms with Crippen LogP contribution in [0.3, 0.4) is 0 Å². The lowest BCUT2D eigenvalue weighted by atomic mass is 9.34. The van der Waals surface area contributed by atoms with Crippen LogP contribution in [0.25, 0.3) is 10.8 Å². The van der Waals surface area contributed by atoms with E-state index in [4.69, 9.17) is 9.47 Å². The molecule has 7 saturated carbocycles. The predicted molar refractivity (Wildman–Crippen MR) is 368 cm³/mol. The third kappa shape index (κ3) is 9.68. The number of aryl methyl sites for hydroxylation is 1. The highest BCUT2D eigenvalue weighted by molar-refractivity contribution is 5.93. The summed E-state index contributed by atoms with van der Waals surface area (Å²) in [4.78, 5) is 29.2. The smallest absolute Gasteiger partial charge is 0.331 e. The summed E-state index contributed by atoms with van der Waals surface area (Å²) in [6.45, 7) is 7.04. The average molecular weight is 1250 g/mol. The lowest BCUT2D eigenvalue weighted by molar-refractivity contribution is -0.340. The number of rotatable bonds is 15. The van der Waals surface area contributed by atoms with Crippen molar-refractivity contribution >= 4 is 22.7 Å². The van der Waals surface area contributed by atoms with Crippen molar-refractivity contribution in [1.82, 2.24) is 0 Å². The van der Waals surface area contributed by atoms with Gasteiger partial charge in [-0.15, -0.1) is 5.92 Å². The number of aliphatic hydroxyl groups is 3. The number of carbonyl (C=O) groups excluding carboxylic acids is 2. The zero-order valence-corrected chi connectivity index (χ0v) is 56.2. The lowest BCUT2D eigenvalue weighted by Gasteiger charge is -2.72. The Balaban J connectivity index is 0.837. The molecule has 490 valence electrons. The predicted octanol–water partition coefficient (Wildman–Crippen LogP) is 18.1. The number of fused-ring (bicyclic) bond motifs is 8. The van der Waals surface area contributed by atoms with Gasteiger partial charge in [0.2, 0.25) is 0 Å². The molecule has 18 atom stereocenters. The molecule has 0 amide bonds. The minimum absolute atomic E-state index is 0.0658. The summed E-state index contributed by atoms with van der Waals surface area (Å²) in [7, 11) is 0. The van der Waals surface area contributed by atoms with Crippen LogP contribution in [0.2, 0.25) is 0 Å². The van der Waals surface area contributed by atoms with Crippen molar-refractivity contribution in [3.63, 3.8) is 0 Å². The second-order valence-corrected chi connectivity index (χ2v) is 33.8. The van der Waals surface area contributed by atoms with Crippen LogP contribution in [0.4, 0.5) is 0 Å². The van der Waals surface area contributed by atoms with Crippen LogP contribution in [0.1, 0.15) is 245 Å². The molecule has 9 aliphatic carbocycles. The zero-order valence-electron chi connectivity index (χ0n) is 56.2. The second-order valence-electron chi connectivity index (χ2n) is 33.8. The monoisotopic (exact) mass is 1250 g/mol. The lowest BCUT2D eigenvalue weighted by Crippen LogP contribution is -2.79. The first-order chi connectivity index (χ1) is 45.1. The van der Waals surface area contributed by atoms with Crippen LogP contribution in [-0.2, 0) is 37.3 Å².